The average molecular weight is 264 g/mol. The minimum atomic E-state index is 0.164. The fraction of sp³-hybridized carbons (Fsp3) is 0.250. The summed E-state index contributed by atoms with van der Waals surface area (Å²) < 4.78 is 0. The summed E-state index contributed by atoms with van der Waals surface area (Å²) in [6.07, 6.45) is 0.923. The molecule has 6 heteroatoms. The van der Waals surface area contributed by atoms with E-state index in [0.29, 0.717) is 11.8 Å². The van der Waals surface area contributed by atoms with Gasteiger partial charge < -0.3 is 11.1 Å². The number of halogens is 1. The molecule has 0 aliphatic carbocycles. The van der Waals surface area contributed by atoms with Crippen molar-refractivity contribution >= 4 is 29.2 Å². The van der Waals surface area contributed by atoms with Crippen LogP contribution in [0.15, 0.2) is 24.3 Å². The molecule has 0 aliphatic heterocycles. The van der Waals surface area contributed by atoms with Crippen LogP contribution in [0.4, 0.5) is 17.6 Å². The Morgan fingerprint density at radius 1 is 1.22 bits per heavy atom. The highest BCUT2D eigenvalue weighted by molar-refractivity contribution is 6.16. The van der Waals surface area contributed by atoms with Crippen LogP contribution in [0, 0.1) is 0 Å². The van der Waals surface area contributed by atoms with Crippen molar-refractivity contribution in [3.8, 4) is 0 Å². The lowest BCUT2D eigenvalue weighted by atomic mass is 10.1. The van der Waals surface area contributed by atoms with E-state index in [1.54, 1.807) is 0 Å². The molecule has 0 fully saturated rings. The van der Waals surface area contributed by atoms with Crippen LogP contribution in [-0.4, -0.2) is 15.0 Å². The maximum Gasteiger partial charge on any atom is 0.232 e. The van der Waals surface area contributed by atoms with Gasteiger partial charge in [-0.15, -0.1) is 11.6 Å². The van der Waals surface area contributed by atoms with Gasteiger partial charge in [-0.2, -0.15) is 15.0 Å². The minimum absolute atomic E-state index is 0.164. The number of nitrogens with zero attached hydrogens (tertiary/aromatic N) is 3. The molecule has 18 heavy (non-hydrogen) atoms. The molecule has 3 N–H and O–H groups in total. The molecule has 5 nitrogen and oxygen atoms in total. The minimum Gasteiger partial charge on any atom is -0.368 e. The number of aromatic nitrogens is 3. The first-order valence-electron chi connectivity index (χ1n) is 5.64. The normalized spacial score (nSPS) is 10.3. The number of hydrogen-bond acceptors (Lipinski definition) is 5. The highest BCUT2D eigenvalue weighted by Gasteiger charge is 2.06. The van der Waals surface area contributed by atoms with E-state index in [9.17, 15) is 0 Å². The number of nitrogens with one attached hydrogen (secondary N) is 1. The molecule has 0 atom stereocenters. The van der Waals surface area contributed by atoms with Crippen LogP contribution in [0.3, 0.4) is 0 Å². The van der Waals surface area contributed by atoms with Gasteiger partial charge in [0.2, 0.25) is 11.9 Å². The summed E-state index contributed by atoms with van der Waals surface area (Å²) in [6.45, 7) is 2.09. The van der Waals surface area contributed by atoms with E-state index in [1.165, 1.54) is 5.56 Å². The molecular weight excluding hydrogens is 250 g/mol. The third-order valence-electron chi connectivity index (χ3n) is 2.46. The molecule has 0 unspecified atom stereocenters. The van der Waals surface area contributed by atoms with Gasteiger partial charge in [0, 0.05) is 5.69 Å². The first kappa shape index (κ1) is 12.6. The fourth-order valence-electron chi connectivity index (χ4n) is 1.62. The SMILES string of the molecule is CCc1ccccc1Nc1nc(N)nc(CCl)n1. The largest absolute Gasteiger partial charge is 0.368 e. The summed E-state index contributed by atoms with van der Waals surface area (Å²) in [5.41, 5.74) is 7.75. The predicted molar refractivity (Wildman–Crippen MR) is 72.9 cm³/mol. The molecular formula is C12H14ClN5. The van der Waals surface area contributed by atoms with Gasteiger partial charge in [-0.3, -0.25) is 0 Å². The molecule has 1 aromatic heterocycles. The van der Waals surface area contributed by atoms with E-state index >= 15 is 0 Å². The number of nitrogens with two attached hydrogens (primary N) is 1. The lowest BCUT2D eigenvalue weighted by Gasteiger charge is -2.09. The Morgan fingerprint density at radius 2 is 2.00 bits per heavy atom. The van der Waals surface area contributed by atoms with Crippen LogP contribution in [0.2, 0.25) is 0 Å². The summed E-state index contributed by atoms with van der Waals surface area (Å²) in [4.78, 5) is 12.1. The second kappa shape index (κ2) is 5.64. The van der Waals surface area contributed by atoms with Crippen LogP contribution in [0.25, 0.3) is 0 Å². The number of rotatable bonds is 4. The van der Waals surface area contributed by atoms with E-state index in [0.717, 1.165) is 12.1 Å². The summed E-state index contributed by atoms with van der Waals surface area (Å²) >= 11 is 5.70. The van der Waals surface area contributed by atoms with Gasteiger partial charge in [-0.05, 0) is 18.1 Å². The number of hydrogen-bond donors (Lipinski definition) is 2. The summed E-state index contributed by atoms with van der Waals surface area (Å²) in [7, 11) is 0. The van der Waals surface area contributed by atoms with Crippen molar-refractivity contribution in [2.75, 3.05) is 11.1 Å². The van der Waals surface area contributed by atoms with E-state index in [-0.39, 0.29) is 11.8 Å². The average Bonchev–Trinajstić information content (AvgIpc) is 2.38. The zero-order valence-corrected chi connectivity index (χ0v) is 10.8. The van der Waals surface area contributed by atoms with Crippen molar-refractivity contribution in [1.82, 2.24) is 15.0 Å². The fourth-order valence-corrected chi connectivity index (χ4v) is 1.74. The van der Waals surface area contributed by atoms with Crippen LogP contribution >= 0.6 is 11.6 Å². The predicted octanol–water partition coefficient (Wildman–Crippen LogP) is 2.50. The number of anilines is 3. The molecule has 0 saturated heterocycles. The van der Waals surface area contributed by atoms with E-state index in [2.05, 4.69) is 33.3 Å². The van der Waals surface area contributed by atoms with Crippen molar-refractivity contribution in [2.45, 2.75) is 19.2 Å². The summed E-state index contributed by atoms with van der Waals surface area (Å²) in [5.74, 6) is 1.24. The van der Waals surface area contributed by atoms with Crippen LogP contribution < -0.4 is 11.1 Å². The molecule has 0 bridgehead atoms. The molecule has 0 spiro atoms. The van der Waals surface area contributed by atoms with Crippen molar-refractivity contribution in [2.24, 2.45) is 0 Å². The molecule has 2 rings (SSSR count). The summed E-state index contributed by atoms with van der Waals surface area (Å²) in [5, 5.41) is 3.14. The zero-order chi connectivity index (χ0) is 13.0. The van der Waals surface area contributed by atoms with Gasteiger partial charge in [0.05, 0.1) is 5.88 Å². The first-order valence-corrected chi connectivity index (χ1v) is 6.17. The third-order valence-corrected chi connectivity index (χ3v) is 2.70. The van der Waals surface area contributed by atoms with E-state index in [1.807, 2.05) is 18.2 Å². The maximum absolute atomic E-state index is 5.70. The molecule has 1 heterocycles. The number of para-hydroxylation sites is 1. The van der Waals surface area contributed by atoms with Gasteiger partial charge in [0.15, 0.2) is 5.82 Å². The highest BCUT2D eigenvalue weighted by atomic mass is 35.5. The molecule has 0 amide bonds. The van der Waals surface area contributed by atoms with Gasteiger partial charge in [0.1, 0.15) is 0 Å². The molecule has 1 aromatic carbocycles. The maximum atomic E-state index is 5.70. The quantitative estimate of drug-likeness (QED) is 0.829. The molecule has 94 valence electrons. The second-order valence-electron chi connectivity index (χ2n) is 3.70. The Morgan fingerprint density at radius 3 is 2.72 bits per heavy atom. The molecule has 0 saturated carbocycles. The molecule has 0 aliphatic rings. The van der Waals surface area contributed by atoms with E-state index in [4.69, 9.17) is 17.3 Å². The van der Waals surface area contributed by atoms with Crippen molar-refractivity contribution in [1.29, 1.82) is 0 Å². The Bertz CT molecular complexity index is 544. The highest BCUT2D eigenvalue weighted by Crippen LogP contribution is 2.19. The number of nitrogen functional groups attached to an aromatic ring is 1. The zero-order valence-electron chi connectivity index (χ0n) is 10.0. The monoisotopic (exact) mass is 263 g/mol. The van der Waals surface area contributed by atoms with Gasteiger partial charge in [-0.1, -0.05) is 25.1 Å². The summed E-state index contributed by atoms with van der Waals surface area (Å²) in [6, 6.07) is 7.97. The van der Waals surface area contributed by atoms with Crippen molar-refractivity contribution in [3.63, 3.8) is 0 Å². The van der Waals surface area contributed by atoms with Crippen LogP contribution in [0.5, 0.6) is 0 Å². The molecule has 2 aromatic rings. The smallest absolute Gasteiger partial charge is 0.232 e. The van der Waals surface area contributed by atoms with Gasteiger partial charge >= 0.3 is 0 Å². The van der Waals surface area contributed by atoms with Crippen LogP contribution in [-0.2, 0) is 12.3 Å². The number of benzene rings is 1. The first-order chi connectivity index (χ1) is 8.72. The Balaban J connectivity index is 2.30. The van der Waals surface area contributed by atoms with Crippen molar-refractivity contribution in [3.05, 3.63) is 35.7 Å². The Labute approximate surface area is 110 Å². The number of alkyl halides is 1. The Hall–Kier alpha value is -1.88. The lowest BCUT2D eigenvalue weighted by Crippen LogP contribution is -2.07. The van der Waals surface area contributed by atoms with Crippen molar-refractivity contribution < 1.29 is 0 Å². The second-order valence-corrected chi connectivity index (χ2v) is 3.97. The third kappa shape index (κ3) is 2.87. The molecule has 0 radical (unpaired) electrons. The van der Waals surface area contributed by atoms with E-state index < -0.39 is 0 Å². The topological polar surface area (TPSA) is 76.7 Å². The van der Waals surface area contributed by atoms with Gasteiger partial charge in [-0.25, -0.2) is 0 Å². The lowest BCUT2D eigenvalue weighted by molar-refractivity contribution is 0.977. The Kier molecular flexibility index (Phi) is 3.94. The van der Waals surface area contributed by atoms with Crippen LogP contribution in [0.1, 0.15) is 18.3 Å². The number of aryl methyl sites for hydroxylation is 1. The van der Waals surface area contributed by atoms with Gasteiger partial charge in [0.25, 0.3) is 0 Å². The standard InChI is InChI=1S/C12H14ClN5/c1-2-8-5-3-4-6-9(8)15-12-17-10(7-13)16-11(14)18-12/h3-6H,2,7H2,1H3,(H3,14,15,16,17,18).